The minimum Gasteiger partial charge on any atom is -0.0683 e. The Kier molecular flexibility index (Phi) is 90200. The van der Waals surface area contributed by atoms with Gasteiger partial charge in [0.25, 0.3) is 0 Å². The van der Waals surface area contributed by atoms with E-state index >= 15 is 0 Å². The largest absolute Gasteiger partial charge is 0.0683 e. The van der Waals surface area contributed by atoms with Crippen LogP contribution in [0.5, 0.6) is 0 Å². The number of hydrogen-bond donors (Lipinski definition) is 0. The SMILES string of the molecule is CC.CC.CC.CC.CC.CC.CC.CC.CC.CC.CC.CC.CC.CC.CC.CC.CC.CC.CC.CC.CC.CC.CC.CC.CC.CC.CC.CC.CC.CC.CC.CC.CC.CC.CC.CC.CC.CC.CC.CC.CC.CCC.CCC.CCC.CCC.[Au].[Au].[Au]. The van der Waals surface area contributed by atoms with Crippen molar-refractivity contribution in [3.63, 3.8) is 0 Å². The van der Waals surface area contributed by atoms with Crippen molar-refractivity contribution in [3.05, 3.63) is 0 Å². The van der Waals surface area contributed by atoms with Crippen LogP contribution in [0.3, 0.4) is 0 Å². The molecule has 0 saturated heterocycles. The van der Waals surface area contributed by atoms with Crippen LogP contribution in [0.2, 0.25) is 0 Å². The molecule has 0 aliphatic carbocycles. The molecule has 0 aliphatic rings. The Morgan fingerprint density at radius 2 is 0.0619 bits per heavy atom. The summed E-state index contributed by atoms with van der Waals surface area (Å²) in [4.78, 5) is 0. The maximum Gasteiger partial charge on any atom is 0 e. The molecule has 0 aromatic rings. The van der Waals surface area contributed by atoms with E-state index in [2.05, 4.69) is 55.4 Å². The predicted octanol–water partition coefficient (Wildman–Crippen LogP) is 47.7. The Hall–Kier alpha value is 2.22. The maximum absolute atomic E-state index is 2.12. The van der Waals surface area contributed by atoms with E-state index < -0.39 is 0 Å². The molecule has 3 radical (unpaired) electrons. The molecule has 0 rings (SSSR count). The molecule has 0 atom stereocenters. The first-order valence-electron chi connectivity index (χ1n) is 46.7. The fourth-order valence-electron chi connectivity index (χ4n) is 0. The average molecular weight is 2000 g/mol. The van der Waals surface area contributed by atoms with Gasteiger partial charge < -0.3 is 0 Å². The summed E-state index contributed by atoms with van der Waals surface area (Å²) in [6.07, 6.45) is 5.00. The van der Waals surface area contributed by atoms with Gasteiger partial charge in [-0.15, -0.1) is 0 Å². The van der Waals surface area contributed by atoms with Crippen LogP contribution in [-0.2, 0) is 67.1 Å². The molecule has 0 spiro atoms. The van der Waals surface area contributed by atoms with Gasteiger partial charge in [-0.3, -0.25) is 0 Å². The molecule has 0 aromatic heterocycles. The van der Waals surface area contributed by atoms with Crippen LogP contribution in [0, 0.1) is 0 Å². The average Bonchev–Trinajstić information content (AvgIpc) is 3.79. The van der Waals surface area contributed by atoms with Gasteiger partial charge in [0.05, 0.1) is 0 Å². The quantitative estimate of drug-likeness (QED) is 0.212. The zero-order valence-corrected chi connectivity index (χ0v) is 100. The van der Waals surface area contributed by atoms with Crippen LogP contribution in [0.4, 0.5) is 0 Å². The molecular formula is C94H278Au3. The topological polar surface area (TPSA) is 0 Å². The summed E-state index contributed by atoms with van der Waals surface area (Å²) in [7, 11) is 0. The van der Waals surface area contributed by atoms with E-state index in [9.17, 15) is 0 Å². The first-order chi connectivity index (χ1) is 46.7. The standard InChI is InChI=1S/4C3H8.41C2H6.3Au/c4*1-3-2;41*1-2;;;/h4*3H2,1-2H3;41*1-2H3;;;. The molecule has 0 N–H and O–H groups in total. The summed E-state index contributed by atoms with van der Waals surface area (Å²) in [5, 5.41) is 0. The van der Waals surface area contributed by atoms with Gasteiger partial charge in [0.1, 0.15) is 0 Å². The van der Waals surface area contributed by atoms with E-state index in [1.54, 1.807) is 0 Å². The molecule has 97 heavy (non-hydrogen) atoms. The summed E-state index contributed by atoms with van der Waals surface area (Å²) in [6.45, 7) is 181. The van der Waals surface area contributed by atoms with Gasteiger partial charge >= 0.3 is 0 Å². The van der Waals surface area contributed by atoms with Gasteiger partial charge in [-0.1, -0.05) is 649 Å². The fourth-order valence-corrected chi connectivity index (χ4v) is 0. The van der Waals surface area contributed by atoms with Gasteiger partial charge in [-0.05, 0) is 0 Å². The molecule has 0 nitrogen and oxygen atoms in total. The van der Waals surface area contributed by atoms with Crippen molar-refractivity contribution >= 4 is 0 Å². The Morgan fingerprint density at radius 3 is 0.0619 bits per heavy atom. The van der Waals surface area contributed by atoms with E-state index in [4.69, 9.17) is 0 Å². The van der Waals surface area contributed by atoms with E-state index in [0.29, 0.717) is 0 Å². The monoisotopic (exact) mass is 2000 g/mol. The van der Waals surface area contributed by atoms with Crippen LogP contribution < -0.4 is 0 Å². The van der Waals surface area contributed by atoms with Crippen molar-refractivity contribution in [1.29, 1.82) is 0 Å². The molecule has 687 valence electrons. The zero-order chi connectivity index (χ0) is 92.8. The van der Waals surface area contributed by atoms with Crippen molar-refractivity contribution < 1.29 is 67.1 Å². The molecule has 0 aromatic carbocycles. The van der Waals surface area contributed by atoms with Crippen molar-refractivity contribution in [2.24, 2.45) is 0 Å². The van der Waals surface area contributed by atoms with Crippen molar-refractivity contribution in [2.75, 3.05) is 0 Å². The summed E-state index contributed by atoms with van der Waals surface area (Å²) in [5.74, 6) is 0. The van der Waals surface area contributed by atoms with Crippen molar-refractivity contribution in [2.45, 2.75) is 649 Å². The third-order valence-electron chi connectivity index (χ3n) is 0. The number of hydrogen-bond acceptors (Lipinski definition) is 0. The molecular weight excluding hydrogens is 1720 g/mol. The van der Waals surface area contributed by atoms with Crippen LogP contribution in [0.25, 0.3) is 0 Å². The minimum absolute atomic E-state index is 0. The third kappa shape index (κ3) is 184000. The van der Waals surface area contributed by atoms with Gasteiger partial charge in [-0.2, -0.15) is 0 Å². The summed E-state index contributed by atoms with van der Waals surface area (Å²) in [6, 6.07) is 0. The second kappa shape index (κ2) is 24000. The Morgan fingerprint density at radius 1 is 0.0619 bits per heavy atom. The molecule has 0 aliphatic heterocycles. The smallest absolute Gasteiger partial charge is 0 e. The van der Waals surface area contributed by atoms with E-state index in [0.717, 1.165) is 0 Å². The van der Waals surface area contributed by atoms with Gasteiger partial charge in [-0.25, -0.2) is 0 Å². The summed E-state index contributed by atoms with van der Waals surface area (Å²) in [5.41, 5.74) is 0. The van der Waals surface area contributed by atoms with Gasteiger partial charge in [0.2, 0.25) is 0 Å². The molecule has 0 amide bonds. The Balaban J connectivity index is -0.00000000550. The van der Waals surface area contributed by atoms with Crippen LogP contribution in [0.15, 0.2) is 0 Å². The molecule has 0 unspecified atom stereocenters. The second-order valence-electron chi connectivity index (χ2n) is 2.83. The van der Waals surface area contributed by atoms with Gasteiger partial charge in [0, 0.05) is 67.1 Å². The molecule has 0 heterocycles. The van der Waals surface area contributed by atoms with Crippen LogP contribution >= 0.6 is 0 Å². The Bertz CT molecular complexity index is 27.3. The third-order valence-corrected chi connectivity index (χ3v) is 0. The maximum atomic E-state index is 2.12. The Labute approximate surface area is 710 Å². The van der Waals surface area contributed by atoms with E-state index in [1.807, 2.05) is 568 Å². The second-order valence-corrected chi connectivity index (χ2v) is 2.83. The molecule has 0 bridgehead atoms. The number of rotatable bonds is 0. The molecule has 0 saturated carbocycles. The zero-order valence-electron chi connectivity index (χ0n) is 93.7. The van der Waals surface area contributed by atoms with Crippen LogP contribution in [-0.4, -0.2) is 0 Å². The fraction of sp³-hybridized carbons (Fsp3) is 1.00. The van der Waals surface area contributed by atoms with E-state index in [1.165, 1.54) is 25.7 Å². The minimum atomic E-state index is 0. The normalized spacial score (nSPS) is 3.28. The summed E-state index contributed by atoms with van der Waals surface area (Å²) < 4.78 is 0. The predicted molar refractivity (Wildman–Crippen MR) is 529 cm³/mol. The molecule has 0 fully saturated rings. The summed E-state index contributed by atoms with van der Waals surface area (Å²) >= 11 is 0. The van der Waals surface area contributed by atoms with E-state index in [-0.39, 0.29) is 67.1 Å². The van der Waals surface area contributed by atoms with Gasteiger partial charge in [0.15, 0.2) is 0 Å². The van der Waals surface area contributed by atoms with Crippen LogP contribution in [0.1, 0.15) is 649 Å². The van der Waals surface area contributed by atoms with Crippen molar-refractivity contribution in [3.8, 4) is 0 Å². The first-order valence-corrected chi connectivity index (χ1v) is 46.7. The molecule has 3 heteroatoms. The first kappa shape index (κ1) is 365. The van der Waals surface area contributed by atoms with Crippen molar-refractivity contribution in [1.82, 2.24) is 0 Å².